The smallest absolute Gasteiger partial charge is 0.223 e. The molecule has 4 heteroatoms. The van der Waals surface area contributed by atoms with Gasteiger partial charge in [-0.25, -0.2) is 0 Å². The molecule has 4 atom stereocenters. The summed E-state index contributed by atoms with van der Waals surface area (Å²) < 4.78 is 0. The van der Waals surface area contributed by atoms with Crippen molar-refractivity contribution in [1.82, 2.24) is 10.2 Å². The molecule has 4 nitrogen and oxygen atoms in total. The monoisotopic (exact) mass is 267 g/mol. The zero-order chi connectivity index (χ0) is 13.8. The molecule has 1 saturated carbocycles. The van der Waals surface area contributed by atoms with Crippen molar-refractivity contribution in [3.05, 3.63) is 0 Å². The van der Waals surface area contributed by atoms with Crippen LogP contribution in [-0.4, -0.2) is 43.0 Å². The van der Waals surface area contributed by atoms with E-state index in [4.69, 9.17) is 5.73 Å². The van der Waals surface area contributed by atoms with Crippen molar-refractivity contribution in [2.45, 2.75) is 57.5 Å². The molecular formula is C15H29N3O. The standard InChI is InChI=1S/C15H29N3O/c1-11-13(7-5-8-14(11)16)15(19)17-10-12-6-3-4-9-18(12)2/h11-14H,3-10,16H2,1-2H3,(H,17,19). The van der Waals surface area contributed by atoms with Crippen LogP contribution in [0.4, 0.5) is 0 Å². The second-order valence-corrected chi connectivity index (χ2v) is 6.44. The summed E-state index contributed by atoms with van der Waals surface area (Å²) >= 11 is 0. The number of hydrogen-bond donors (Lipinski definition) is 2. The molecule has 0 aromatic carbocycles. The maximum absolute atomic E-state index is 12.3. The lowest BCUT2D eigenvalue weighted by Crippen LogP contribution is -2.48. The third-order valence-electron chi connectivity index (χ3n) is 5.13. The molecule has 1 aliphatic heterocycles. The van der Waals surface area contributed by atoms with Crippen molar-refractivity contribution >= 4 is 5.91 Å². The minimum absolute atomic E-state index is 0.123. The maximum Gasteiger partial charge on any atom is 0.223 e. The fourth-order valence-corrected chi connectivity index (χ4v) is 3.52. The molecule has 2 aliphatic rings. The van der Waals surface area contributed by atoms with Gasteiger partial charge in [-0.1, -0.05) is 19.8 Å². The largest absolute Gasteiger partial charge is 0.354 e. The molecule has 0 aromatic rings. The van der Waals surface area contributed by atoms with Crippen LogP contribution in [0.3, 0.4) is 0 Å². The summed E-state index contributed by atoms with van der Waals surface area (Å²) in [5.41, 5.74) is 6.08. The Balaban J connectivity index is 1.80. The Morgan fingerprint density at radius 3 is 2.79 bits per heavy atom. The Hall–Kier alpha value is -0.610. The van der Waals surface area contributed by atoms with E-state index in [9.17, 15) is 4.79 Å². The quantitative estimate of drug-likeness (QED) is 0.811. The molecule has 0 aromatic heterocycles. The molecule has 2 fully saturated rings. The molecule has 0 spiro atoms. The summed E-state index contributed by atoms with van der Waals surface area (Å²) in [5.74, 6) is 0.664. The van der Waals surface area contributed by atoms with E-state index in [1.54, 1.807) is 0 Å². The highest BCUT2D eigenvalue weighted by molar-refractivity contribution is 5.79. The van der Waals surface area contributed by atoms with Crippen molar-refractivity contribution < 1.29 is 4.79 Å². The zero-order valence-corrected chi connectivity index (χ0v) is 12.4. The second kappa shape index (κ2) is 6.71. The van der Waals surface area contributed by atoms with Crippen LogP contribution in [0.1, 0.15) is 45.4 Å². The Bertz CT molecular complexity index is 308. The lowest BCUT2D eigenvalue weighted by atomic mass is 9.77. The Labute approximate surface area is 117 Å². The van der Waals surface area contributed by atoms with Crippen LogP contribution in [0.25, 0.3) is 0 Å². The summed E-state index contributed by atoms with van der Waals surface area (Å²) in [5, 5.41) is 3.17. The van der Waals surface area contributed by atoms with Gasteiger partial charge in [0.15, 0.2) is 0 Å². The molecule has 0 bridgehead atoms. The zero-order valence-electron chi connectivity index (χ0n) is 12.4. The molecule has 3 N–H and O–H groups in total. The van der Waals surface area contributed by atoms with Gasteiger partial charge in [-0.2, -0.15) is 0 Å². The van der Waals surface area contributed by atoms with E-state index in [2.05, 4.69) is 24.2 Å². The third kappa shape index (κ3) is 3.69. The van der Waals surface area contributed by atoms with Crippen LogP contribution < -0.4 is 11.1 Å². The van der Waals surface area contributed by atoms with Gasteiger partial charge in [0.2, 0.25) is 5.91 Å². The average Bonchev–Trinajstić information content (AvgIpc) is 2.40. The van der Waals surface area contributed by atoms with Gasteiger partial charge in [-0.3, -0.25) is 4.79 Å². The van der Waals surface area contributed by atoms with Crippen molar-refractivity contribution in [2.24, 2.45) is 17.6 Å². The van der Waals surface area contributed by atoms with E-state index in [1.165, 1.54) is 19.3 Å². The summed E-state index contributed by atoms with van der Waals surface area (Å²) in [6.07, 6.45) is 6.94. The lowest BCUT2D eigenvalue weighted by Gasteiger charge is -2.35. The lowest BCUT2D eigenvalue weighted by molar-refractivity contribution is -0.128. The van der Waals surface area contributed by atoms with Gasteiger partial charge in [0.25, 0.3) is 0 Å². The van der Waals surface area contributed by atoms with Crippen LogP contribution in [0.15, 0.2) is 0 Å². The number of nitrogens with two attached hydrogens (primary N) is 1. The third-order valence-corrected chi connectivity index (χ3v) is 5.13. The molecule has 1 aliphatic carbocycles. The number of hydrogen-bond acceptors (Lipinski definition) is 3. The number of piperidine rings is 1. The van der Waals surface area contributed by atoms with Gasteiger partial charge < -0.3 is 16.0 Å². The molecule has 1 saturated heterocycles. The molecular weight excluding hydrogens is 238 g/mol. The first-order valence-electron chi connectivity index (χ1n) is 7.83. The van der Waals surface area contributed by atoms with Crippen molar-refractivity contribution in [2.75, 3.05) is 20.1 Å². The molecule has 1 amide bonds. The van der Waals surface area contributed by atoms with Crippen LogP contribution in [0.2, 0.25) is 0 Å². The molecule has 19 heavy (non-hydrogen) atoms. The van der Waals surface area contributed by atoms with Gasteiger partial charge in [0.1, 0.15) is 0 Å². The molecule has 2 rings (SSSR count). The predicted octanol–water partition coefficient (Wildman–Crippen LogP) is 1.35. The Kier molecular flexibility index (Phi) is 5.22. The number of nitrogens with zero attached hydrogens (tertiary/aromatic N) is 1. The van der Waals surface area contributed by atoms with E-state index < -0.39 is 0 Å². The molecule has 4 unspecified atom stereocenters. The topological polar surface area (TPSA) is 58.4 Å². The highest BCUT2D eigenvalue weighted by Gasteiger charge is 2.32. The summed E-state index contributed by atoms with van der Waals surface area (Å²) in [7, 11) is 2.16. The maximum atomic E-state index is 12.3. The fraction of sp³-hybridized carbons (Fsp3) is 0.933. The normalized spacial score (nSPS) is 37.0. The van der Waals surface area contributed by atoms with Gasteiger partial charge in [-0.05, 0) is 45.2 Å². The number of carbonyl (C=O) groups excluding carboxylic acids is 1. The van der Waals surface area contributed by atoms with E-state index in [0.29, 0.717) is 12.0 Å². The van der Waals surface area contributed by atoms with Crippen molar-refractivity contribution in [3.63, 3.8) is 0 Å². The van der Waals surface area contributed by atoms with Gasteiger partial charge in [0, 0.05) is 24.5 Å². The molecule has 110 valence electrons. The van der Waals surface area contributed by atoms with Crippen LogP contribution in [0, 0.1) is 11.8 Å². The Morgan fingerprint density at radius 2 is 2.05 bits per heavy atom. The minimum atomic E-state index is 0.123. The first kappa shape index (κ1) is 14.8. The number of likely N-dealkylation sites (N-methyl/N-ethyl adjacent to an activating group) is 1. The van der Waals surface area contributed by atoms with E-state index in [1.807, 2.05) is 0 Å². The second-order valence-electron chi connectivity index (χ2n) is 6.44. The van der Waals surface area contributed by atoms with Crippen LogP contribution in [0.5, 0.6) is 0 Å². The SMILES string of the molecule is CC1C(N)CCCC1C(=O)NCC1CCCCN1C. The number of likely N-dealkylation sites (tertiary alicyclic amines) is 1. The first-order chi connectivity index (χ1) is 9.09. The fourth-order valence-electron chi connectivity index (χ4n) is 3.52. The van der Waals surface area contributed by atoms with Crippen LogP contribution >= 0.6 is 0 Å². The summed E-state index contributed by atoms with van der Waals surface area (Å²) in [6.45, 7) is 4.08. The first-order valence-corrected chi connectivity index (χ1v) is 7.83. The molecule has 0 radical (unpaired) electrons. The summed E-state index contributed by atoms with van der Waals surface area (Å²) in [6, 6.07) is 0.715. The predicted molar refractivity (Wildman–Crippen MR) is 77.8 cm³/mol. The van der Waals surface area contributed by atoms with E-state index >= 15 is 0 Å². The van der Waals surface area contributed by atoms with E-state index in [0.717, 1.165) is 32.4 Å². The number of amides is 1. The van der Waals surface area contributed by atoms with Crippen molar-refractivity contribution in [3.8, 4) is 0 Å². The van der Waals surface area contributed by atoms with E-state index in [-0.39, 0.29) is 17.9 Å². The van der Waals surface area contributed by atoms with Crippen LogP contribution in [-0.2, 0) is 4.79 Å². The number of nitrogens with one attached hydrogen (secondary N) is 1. The van der Waals surface area contributed by atoms with Gasteiger partial charge in [-0.15, -0.1) is 0 Å². The Morgan fingerprint density at radius 1 is 1.26 bits per heavy atom. The van der Waals surface area contributed by atoms with Gasteiger partial charge in [0.05, 0.1) is 0 Å². The average molecular weight is 267 g/mol. The summed E-state index contributed by atoms with van der Waals surface area (Å²) in [4.78, 5) is 14.7. The number of rotatable bonds is 3. The van der Waals surface area contributed by atoms with Crippen molar-refractivity contribution in [1.29, 1.82) is 0 Å². The molecule has 1 heterocycles. The number of carbonyl (C=O) groups is 1. The highest BCUT2D eigenvalue weighted by atomic mass is 16.1. The van der Waals surface area contributed by atoms with Gasteiger partial charge >= 0.3 is 0 Å². The highest BCUT2D eigenvalue weighted by Crippen LogP contribution is 2.29. The minimum Gasteiger partial charge on any atom is -0.354 e.